The highest BCUT2D eigenvalue weighted by Crippen LogP contribution is 2.29. The Balaban J connectivity index is 1.38. The van der Waals surface area contributed by atoms with Crippen LogP contribution in [0.5, 0.6) is 0 Å². The Morgan fingerprint density at radius 3 is 2.56 bits per heavy atom. The number of likely N-dealkylation sites (tertiary alicyclic amines) is 1. The summed E-state index contributed by atoms with van der Waals surface area (Å²) in [6, 6.07) is 16.0. The molecule has 1 saturated heterocycles. The van der Waals surface area contributed by atoms with Crippen LogP contribution in [0.1, 0.15) is 36.2 Å². The Hall–Kier alpha value is -4.06. The number of pyridine rings is 1. The summed E-state index contributed by atoms with van der Waals surface area (Å²) in [6.45, 7) is 4.09. The molecule has 5 rings (SSSR count). The fourth-order valence-corrected chi connectivity index (χ4v) is 6.22. The van der Waals surface area contributed by atoms with E-state index in [1.165, 1.54) is 7.11 Å². The Kier molecular flexibility index (Phi) is 11.0. The summed E-state index contributed by atoms with van der Waals surface area (Å²) in [4.78, 5) is 39.3. The van der Waals surface area contributed by atoms with Crippen LogP contribution in [-0.2, 0) is 49.7 Å². The molecule has 11 heteroatoms. The Labute approximate surface area is 264 Å². The number of aryl methyl sites for hydroxylation is 1. The van der Waals surface area contributed by atoms with E-state index in [-0.39, 0.29) is 24.3 Å². The monoisotopic (exact) mass is 616 g/mol. The van der Waals surface area contributed by atoms with Crippen LogP contribution in [0, 0.1) is 0 Å². The lowest BCUT2D eigenvalue weighted by molar-refractivity contribution is -0.139. The molecule has 4 aromatic rings. The van der Waals surface area contributed by atoms with Gasteiger partial charge in [0.05, 0.1) is 44.3 Å². The maximum atomic E-state index is 13.9. The molecule has 1 aliphatic heterocycles. The van der Waals surface area contributed by atoms with Crippen molar-refractivity contribution in [1.29, 1.82) is 0 Å². The molecule has 0 aliphatic carbocycles. The molecule has 1 amide bonds. The van der Waals surface area contributed by atoms with Crippen molar-refractivity contribution >= 4 is 39.6 Å². The average Bonchev–Trinajstić information content (AvgIpc) is 3.64. The summed E-state index contributed by atoms with van der Waals surface area (Å²) < 4.78 is 17.8. The second kappa shape index (κ2) is 15.3. The topological polar surface area (TPSA) is 125 Å². The van der Waals surface area contributed by atoms with Crippen molar-refractivity contribution in [1.82, 2.24) is 24.3 Å². The van der Waals surface area contributed by atoms with E-state index in [9.17, 15) is 9.59 Å². The van der Waals surface area contributed by atoms with Gasteiger partial charge in [0, 0.05) is 51.7 Å². The number of nitrogen functional groups attached to an aromatic ring is 1. The SMILES string of the molecule is COCCc1nc2c(N)nc3ccccc3c2n1CCCN(Cc1ccc(CC(=O)OC)cc1)C(=O)CN1CCC[C@H]1COC. The summed E-state index contributed by atoms with van der Waals surface area (Å²) in [5.74, 6) is 1.10. The molecular formula is C34H44N6O5. The lowest BCUT2D eigenvalue weighted by Gasteiger charge is -2.28. The Bertz CT molecular complexity index is 1600. The number of aromatic nitrogens is 3. The van der Waals surface area contributed by atoms with Gasteiger partial charge >= 0.3 is 5.97 Å². The standard InChI is InChI=1S/C34H44N6O5/c1-43-19-15-29-37-32-33(27-9-4-5-10-28(27)36-34(32)35)40(29)18-7-17-39(30(41)22-38-16-6-8-26(38)23-44-2)21-25-13-11-24(12-14-25)20-31(42)45-3/h4-5,9-14,26H,6-8,15-23H2,1-3H3,(H2,35,36)/t26-/m0/s1. The molecule has 0 unspecified atom stereocenters. The molecule has 240 valence electrons. The number of benzene rings is 2. The molecule has 2 N–H and O–H groups in total. The predicted octanol–water partition coefficient (Wildman–Crippen LogP) is 3.60. The summed E-state index contributed by atoms with van der Waals surface area (Å²) >= 11 is 0. The van der Waals surface area contributed by atoms with Crippen LogP contribution in [0.15, 0.2) is 48.5 Å². The molecule has 0 saturated carbocycles. The molecule has 3 heterocycles. The molecule has 2 aromatic heterocycles. The molecule has 11 nitrogen and oxygen atoms in total. The third kappa shape index (κ3) is 7.78. The van der Waals surface area contributed by atoms with Crippen LogP contribution in [0.3, 0.4) is 0 Å². The van der Waals surface area contributed by atoms with Gasteiger partial charge in [0.2, 0.25) is 5.91 Å². The number of nitrogens with two attached hydrogens (primary N) is 1. The van der Waals surface area contributed by atoms with Crippen molar-refractivity contribution in [2.45, 2.75) is 51.2 Å². The largest absolute Gasteiger partial charge is 0.469 e. The third-order valence-electron chi connectivity index (χ3n) is 8.55. The van der Waals surface area contributed by atoms with Crippen molar-refractivity contribution in [3.8, 4) is 0 Å². The number of carbonyl (C=O) groups excluding carboxylic acids is 2. The first-order chi connectivity index (χ1) is 21.9. The molecule has 45 heavy (non-hydrogen) atoms. The number of nitrogens with zero attached hydrogens (tertiary/aromatic N) is 5. The van der Waals surface area contributed by atoms with E-state index in [2.05, 4.69) is 20.5 Å². The van der Waals surface area contributed by atoms with Gasteiger partial charge < -0.3 is 29.4 Å². The van der Waals surface area contributed by atoms with Gasteiger partial charge in [0.15, 0.2) is 5.82 Å². The summed E-state index contributed by atoms with van der Waals surface area (Å²) in [5.41, 5.74) is 10.7. The van der Waals surface area contributed by atoms with Crippen LogP contribution in [0.25, 0.3) is 21.9 Å². The first-order valence-corrected chi connectivity index (χ1v) is 15.6. The minimum absolute atomic E-state index is 0.0885. The summed E-state index contributed by atoms with van der Waals surface area (Å²) in [7, 11) is 4.78. The van der Waals surface area contributed by atoms with E-state index in [1.807, 2.05) is 47.4 Å². The number of methoxy groups -OCH3 is 3. The number of rotatable bonds is 15. The van der Waals surface area contributed by atoms with Crippen molar-refractivity contribution in [2.75, 3.05) is 59.9 Å². The Morgan fingerprint density at radius 2 is 1.80 bits per heavy atom. The van der Waals surface area contributed by atoms with Gasteiger partial charge in [-0.1, -0.05) is 42.5 Å². The van der Waals surface area contributed by atoms with Gasteiger partial charge in [-0.15, -0.1) is 0 Å². The number of para-hydroxylation sites is 1. The third-order valence-corrected chi connectivity index (χ3v) is 8.55. The van der Waals surface area contributed by atoms with E-state index in [0.717, 1.165) is 59.2 Å². The lowest BCUT2D eigenvalue weighted by Crippen LogP contribution is -2.43. The van der Waals surface area contributed by atoms with E-state index in [1.54, 1.807) is 14.2 Å². The van der Waals surface area contributed by atoms with Crippen LogP contribution in [-0.4, -0.2) is 96.4 Å². The number of ether oxygens (including phenoxy) is 3. The van der Waals surface area contributed by atoms with Crippen molar-refractivity contribution in [3.05, 3.63) is 65.5 Å². The van der Waals surface area contributed by atoms with Gasteiger partial charge in [0.1, 0.15) is 11.3 Å². The quantitative estimate of drug-likeness (QED) is 0.200. The number of fused-ring (bicyclic) bond motifs is 3. The van der Waals surface area contributed by atoms with E-state index < -0.39 is 0 Å². The van der Waals surface area contributed by atoms with Crippen LogP contribution in [0.2, 0.25) is 0 Å². The lowest BCUT2D eigenvalue weighted by atomic mass is 10.1. The average molecular weight is 617 g/mol. The number of hydrogen-bond donors (Lipinski definition) is 1. The molecular weight excluding hydrogens is 572 g/mol. The van der Waals surface area contributed by atoms with Crippen molar-refractivity contribution in [2.24, 2.45) is 0 Å². The van der Waals surface area contributed by atoms with Gasteiger partial charge in [-0.25, -0.2) is 9.97 Å². The number of anilines is 1. The number of amides is 1. The zero-order valence-electron chi connectivity index (χ0n) is 26.5. The number of carbonyl (C=O) groups is 2. The molecule has 0 bridgehead atoms. The van der Waals surface area contributed by atoms with Gasteiger partial charge in [-0.05, 0) is 43.0 Å². The second-order valence-electron chi connectivity index (χ2n) is 11.6. The van der Waals surface area contributed by atoms with Gasteiger partial charge in [-0.2, -0.15) is 0 Å². The fraction of sp³-hybridized carbons (Fsp3) is 0.471. The molecule has 1 aliphatic rings. The molecule has 1 fully saturated rings. The highest BCUT2D eigenvalue weighted by molar-refractivity contribution is 6.06. The number of hydrogen-bond acceptors (Lipinski definition) is 9. The minimum atomic E-state index is -0.280. The molecule has 1 atom stereocenters. The predicted molar refractivity (Wildman–Crippen MR) is 174 cm³/mol. The van der Waals surface area contributed by atoms with Gasteiger partial charge in [-0.3, -0.25) is 14.5 Å². The minimum Gasteiger partial charge on any atom is -0.469 e. The highest BCUT2D eigenvalue weighted by Gasteiger charge is 2.28. The zero-order valence-corrected chi connectivity index (χ0v) is 26.5. The van der Waals surface area contributed by atoms with Crippen LogP contribution < -0.4 is 5.73 Å². The first-order valence-electron chi connectivity index (χ1n) is 15.6. The molecule has 0 radical (unpaired) electrons. The zero-order chi connectivity index (χ0) is 31.8. The van der Waals surface area contributed by atoms with Crippen molar-refractivity contribution < 1.29 is 23.8 Å². The molecule has 0 spiro atoms. The van der Waals surface area contributed by atoms with E-state index in [0.29, 0.717) is 57.1 Å². The van der Waals surface area contributed by atoms with E-state index >= 15 is 0 Å². The maximum Gasteiger partial charge on any atom is 0.309 e. The summed E-state index contributed by atoms with van der Waals surface area (Å²) in [6.07, 6.45) is 3.67. The summed E-state index contributed by atoms with van der Waals surface area (Å²) in [5, 5.41) is 0.996. The normalized spacial score (nSPS) is 15.2. The van der Waals surface area contributed by atoms with Crippen LogP contribution in [0.4, 0.5) is 5.82 Å². The Morgan fingerprint density at radius 1 is 1.02 bits per heavy atom. The fourth-order valence-electron chi connectivity index (χ4n) is 6.22. The van der Waals surface area contributed by atoms with Gasteiger partial charge in [0.25, 0.3) is 0 Å². The number of esters is 1. The number of imidazole rings is 1. The highest BCUT2D eigenvalue weighted by atomic mass is 16.5. The first kappa shape index (κ1) is 32.3. The molecule has 2 aromatic carbocycles. The maximum absolute atomic E-state index is 13.9. The van der Waals surface area contributed by atoms with Crippen molar-refractivity contribution in [3.63, 3.8) is 0 Å². The smallest absolute Gasteiger partial charge is 0.309 e. The second-order valence-corrected chi connectivity index (χ2v) is 11.6. The van der Waals surface area contributed by atoms with Crippen LogP contribution >= 0.6 is 0 Å². The van der Waals surface area contributed by atoms with E-state index in [4.69, 9.17) is 24.9 Å².